The molecule has 5 heteroatoms. The van der Waals surface area contributed by atoms with Crippen molar-refractivity contribution in [1.29, 1.82) is 0 Å². The molecule has 2 aromatic rings. The van der Waals surface area contributed by atoms with Crippen LogP contribution in [0.3, 0.4) is 0 Å². The number of aromatic nitrogens is 3. The van der Waals surface area contributed by atoms with Crippen molar-refractivity contribution in [3.63, 3.8) is 0 Å². The normalized spacial score (nSPS) is 10.9. The number of nitrogens with one attached hydrogen (secondary N) is 1. The van der Waals surface area contributed by atoms with Gasteiger partial charge in [0.25, 0.3) is 0 Å². The summed E-state index contributed by atoms with van der Waals surface area (Å²) in [6.07, 6.45) is 0. The van der Waals surface area contributed by atoms with E-state index in [0.29, 0.717) is 5.95 Å². The summed E-state index contributed by atoms with van der Waals surface area (Å²) in [6, 6.07) is 7.71. The maximum absolute atomic E-state index is 4.37. The maximum atomic E-state index is 4.37. The van der Waals surface area contributed by atoms with Gasteiger partial charge in [-0.2, -0.15) is 0 Å². The van der Waals surface area contributed by atoms with Crippen LogP contribution in [-0.4, -0.2) is 47.3 Å². The van der Waals surface area contributed by atoms with Crippen molar-refractivity contribution in [1.82, 2.24) is 20.1 Å². The number of fused-ring (bicyclic) bond motifs is 1. The van der Waals surface area contributed by atoms with Crippen LogP contribution < -0.4 is 5.32 Å². The van der Waals surface area contributed by atoms with Gasteiger partial charge in [0, 0.05) is 13.1 Å². The lowest BCUT2D eigenvalue weighted by Crippen LogP contribution is -2.21. The molecule has 5 nitrogen and oxygen atoms in total. The maximum Gasteiger partial charge on any atom is 0.243 e. The quantitative estimate of drug-likeness (QED) is 0.828. The Hall–Kier alpha value is -1.75. The Morgan fingerprint density at radius 2 is 1.88 bits per heavy atom. The zero-order valence-corrected chi connectivity index (χ0v) is 9.51. The molecule has 0 saturated carbocycles. The van der Waals surface area contributed by atoms with E-state index in [9.17, 15) is 0 Å². The average Bonchev–Trinajstić information content (AvgIpc) is 2.28. The van der Waals surface area contributed by atoms with Crippen LogP contribution in [0, 0.1) is 0 Å². The molecule has 1 aromatic heterocycles. The third-order valence-corrected chi connectivity index (χ3v) is 2.20. The van der Waals surface area contributed by atoms with Crippen molar-refractivity contribution >= 4 is 17.0 Å². The predicted octanol–water partition coefficient (Wildman–Crippen LogP) is 0.998. The van der Waals surface area contributed by atoms with Gasteiger partial charge in [-0.15, -0.1) is 10.2 Å². The molecule has 16 heavy (non-hydrogen) atoms. The number of rotatable bonds is 4. The minimum Gasteiger partial charge on any atom is -0.352 e. The largest absolute Gasteiger partial charge is 0.352 e. The van der Waals surface area contributed by atoms with Gasteiger partial charge in [-0.05, 0) is 26.2 Å². The molecule has 0 aliphatic rings. The number of benzene rings is 1. The molecule has 0 atom stereocenters. The van der Waals surface area contributed by atoms with Crippen LogP contribution in [0.15, 0.2) is 24.3 Å². The number of hydrogen-bond donors (Lipinski definition) is 1. The minimum atomic E-state index is 0.584. The second kappa shape index (κ2) is 4.85. The van der Waals surface area contributed by atoms with Gasteiger partial charge in [-0.1, -0.05) is 12.1 Å². The van der Waals surface area contributed by atoms with Crippen molar-refractivity contribution in [3.8, 4) is 0 Å². The Morgan fingerprint density at radius 1 is 1.12 bits per heavy atom. The lowest BCUT2D eigenvalue weighted by atomic mass is 10.3. The van der Waals surface area contributed by atoms with Crippen LogP contribution in [0.1, 0.15) is 0 Å². The van der Waals surface area contributed by atoms with E-state index in [2.05, 4.69) is 25.4 Å². The number of para-hydroxylation sites is 1. The summed E-state index contributed by atoms with van der Waals surface area (Å²) in [5.41, 5.74) is 1.69. The van der Waals surface area contributed by atoms with Crippen molar-refractivity contribution in [3.05, 3.63) is 24.3 Å². The van der Waals surface area contributed by atoms with Crippen molar-refractivity contribution in [2.24, 2.45) is 0 Å². The Bertz CT molecular complexity index is 469. The molecule has 0 aliphatic carbocycles. The first-order valence-corrected chi connectivity index (χ1v) is 5.24. The van der Waals surface area contributed by atoms with Gasteiger partial charge in [0.05, 0.1) is 5.52 Å². The zero-order valence-electron chi connectivity index (χ0n) is 9.51. The summed E-state index contributed by atoms with van der Waals surface area (Å²) in [5.74, 6) is 0.584. The van der Waals surface area contributed by atoms with E-state index < -0.39 is 0 Å². The molecule has 1 aromatic carbocycles. The first kappa shape index (κ1) is 10.8. The van der Waals surface area contributed by atoms with Gasteiger partial charge in [-0.25, -0.2) is 4.98 Å². The van der Waals surface area contributed by atoms with E-state index in [0.717, 1.165) is 24.1 Å². The molecule has 0 fully saturated rings. The number of nitrogens with zero attached hydrogens (tertiary/aromatic N) is 4. The highest BCUT2D eigenvalue weighted by atomic mass is 15.2. The van der Waals surface area contributed by atoms with E-state index in [4.69, 9.17) is 0 Å². The van der Waals surface area contributed by atoms with E-state index in [-0.39, 0.29) is 0 Å². The average molecular weight is 217 g/mol. The van der Waals surface area contributed by atoms with Crippen LogP contribution in [0.5, 0.6) is 0 Å². The Kier molecular flexibility index (Phi) is 3.26. The van der Waals surface area contributed by atoms with Crippen molar-refractivity contribution in [2.75, 3.05) is 32.5 Å². The molecular formula is C11H15N5. The summed E-state index contributed by atoms with van der Waals surface area (Å²) >= 11 is 0. The van der Waals surface area contributed by atoms with E-state index in [1.165, 1.54) is 0 Å². The van der Waals surface area contributed by atoms with Crippen molar-refractivity contribution in [2.45, 2.75) is 0 Å². The highest BCUT2D eigenvalue weighted by Gasteiger charge is 1.99. The Labute approximate surface area is 94.5 Å². The Balaban J connectivity index is 2.08. The first-order valence-electron chi connectivity index (χ1n) is 5.24. The molecule has 0 bridgehead atoms. The fourth-order valence-corrected chi connectivity index (χ4v) is 1.35. The van der Waals surface area contributed by atoms with Gasteiger partial charge in [-0.3, -0.25) is 0 Å². The molecule has 0 unspecified atom stereocenters. The highest BCUT2D eigenvalue weighted by Crippen LogP contribution is 2.08. The second-order valence-corrected chi connectivity index (χ2v) is 3.85. The van der Waals surface area contributed by atoms with Gasteiger partial charge in [0.2, 0.25) is 5.95 Å². The molecule has 0 amide bonds. The SMILES string of the molecule is CN(C)CCNc1nnc2ccccc2n1. The summed E-state index contributed by atoms with van der Waals surface area (Å²) in [5, 5.41) is 11.2. The molecule has 0 radical (unpaired) electrons. The van der Waals surface area contributed by atoms with Gasteiger partial charge >= 0.3 is 0 Å². The molecular weight excluding hydrogens is 202 g/mol. The molecule has 1 heterocycles. The molecule has 84 valence electrons. The van der Waals surface area contributed by atoms with Crippen LogP contribution in [0.25, 0.3) is 11.0 Å². The smallest absolute Gasteiger partial charge is 0.243 e. The fraction of sp³-hybridized carbons (Fsp3) is 0.364. The Morgan fingerprint density at radius 3 is 2.62 bits per heavy atom. The molecule has 2 rings (SSSR count). The summed E-state index contributed by atoms with van der Waals surface area (Å²) in [6.45, 7) is 1.75. The standard InChI is InChI=1S/C11H15N5/c1-16(2)8-7-12-11-13-9-5-3-4-6-10(9)14-15-11/h3-6H,7-8H2,1-2H3,(H,12,13,15). The number of hydrogen-bond acceptors (Lipinski definition) is 5. The lowest BCUT2D eigenvalue weighted by molar-refractivity contribution is 0.425. The summed E-state index contributed by atoms with van der Waals surface area (Å²) < 4.78 is 0. The first-order chi connectivity index (χ1) is 7.75. The highest BCUT2D eigenvalue weighted by molar-refractivity contribution is 5.73. The summed E-state index contributed by atoms with van der Waals surface area (Å²) in [7, 11) is 4.06. The minimum absolute atomic E-state index is 0.584. The monoisotopic (exact) mass is 217 g/mol. The zero-order chi connectivity index (χ0) is 11.4. The molecule has 0 aliphatic heterocycles. The van der Waals surface area contributed by atoms with Crippen LogP contribution >= 0.6 is 0 Å². The van der Waals surface area contributed by atoms with Gasteiger partial charge < -0.3 is 10.2 Å². The second-order valence-electron chi connectivity index (χ2n) is 3.85. The lowest BCUT2D eigenvalue weighted by Gasteiger charge is -2.09. The summed E-state index contributed by atoms with van der Waals surface area (Å²) in [4.78, 5) is 6.47. The van der Waals surface area contributed by atoms with E-state index >= 15 is 0 Å². The fourth-order valence-electron chi connectivity index (χ4n) is 1.35. The topological polar surface area (TPSA) is 53.9 Å². The third kappa shape index (κ3) is 2.64. The van der Waals surface area contributed by atoms with Crippen LogP contribution in [-0.2, 0) is 0 Å². The van der Waals surface area contributed by atoms with Crippen LogP contribution in [0.2, 0.25) is 0 Å². The molecule has 1 N–H and O–H groups in total. The number of anilines is 1. The van der Waals surface area contributed by atoms with Crippen molar-refractivity contribution < 1.29 is 0 Å². The van der Waals surface area contributed by atoms with E-state index in [1.54, 1.807) is 0 Å². The number of likely N-dealkylation sites (N-methyl/N-ethyl adjacent to an activating group) is 1. The molecule has 0 saturated heterocycles. The van der Waals surface area contributed by atoms with Gasteiger partial charge in [0.15, 0.2) is 0 Å². The van der Waals surface area contributed by atoms with E-state index in [1.807, 2.05) is 38.4 Å². The molecule has 0 spiro atoms. The predicted molar refractivity (Wildman–Crippen MR) is 64.4 cm³/mol. The van der Waals surface area contributed by atoms with Crippen LogP contribution in [0.4, 0.5) is 5.95 Å². The van der Waals surface area contributed by atoms with Gasteiger partial charge in [0.1, 0.15) is 5.52 Å². The third-order valence-electron chi connectivity index (χ3n) is 2.20.